The average Bonchev–Trinajstić information content (AvgIpc) is 2.38. The molecule has 1 unspecified atom stereocenters. The molecule has 0 saturated carbocycles. The van der Waals surface area contributed by atoms with Crippen molar-refractivity contribution in [1.29, 1.82) is 0 Å². The van der Waals surface area contributed by atoms with Gasteiger partial charge in [-0.25, -0.2) is 0 Å². The highest BCUT2D eigenvalue weighted by molar-refractivity contribution is 9.10. The topological polar surface area (TPSA) is 35.2 Å². The normalized spacial score (nSPS) is 12.2. The molecule has 0 amide bonds. The van der Waals surface area contributed by atoms with Crippen molar-refractivity contribution < 1.29 is 4.74 Å². The summed E-state index contributed by atoms with van der Waals surface area (Å²) in [6.45, 7) is 4.66. The molecule has 0 spiro atoms. The van der Waals surface area contributed by atoms with E-state index in [9.17, 15) is 0 Å². The van der Waals surface area contributed by atoms with Crippen LogP contribution in [0.25, 0.3) is 0 Å². The van der Waals surface area contributed by atoms with E-state index in [-0.39, 0.29) is 6.04 Å². The number of hydrogen-bond donors (Lipinski definition) is 1. The van der Waals surface area contributed by atoms with Crippen LogP contribution in [0.2, 0.25) is 0 Å². The van der Waals surface area contributed by atoms with Crippen LogP contribution >= 0.6 is 15.9 Å². The van der Waals surface area contributed by atoms with Gasteiger partial charge < -0.3 is 10.5 Å². The molecule has 0 bridgehead atoms. The van der Waals surface area contributed by atoms with Crippen LogP contribution in [0.15, 0.2) is 46.9 Å². The minimum atomic E-state index is 0.114. The summed E-state index contributed by atoms with van der Waals surface area (Å²) in [5.41, 5.74) is 9.38. The van der Waals surface area contributed by atoms with Gasteiger partial charge in [0.1, 0.15) is 12.4 Å². The van der Waals surface area contributed by atoms with Crippen LogP contribution in [0, 0.1) is 6.92 Å². The Hall–Kier alpha value is -1.32. The lowest BCUT2D eigenvalue weighted by atomic mass is 10.0. The van der Waals surface area contributed by atoms with E-state index in [1.807, 2.05) is 25.1 Å². The molecule has 0 fully saturated rings. The van der Waals surface area contributed by atoms with Crippen molar-refractivity contribution in [1.82, 2.24) is 0 Å². The molecule has 0 aliphatic carbocycles. The van der Waals surface area contributed by atoms with E-state index in [0.717, 1.165) is 27.8 Å². The third-order valence-corrected chi connectivity index (χ3v) is 3.54. The quantitative estimate of drug-likeness (QED) is 0.888. The number of hydrogen-bond acceptors (Lipinski definition) is 2. The molecule has 1 atom stereocenters. The molecule has 0 heterocycles. The lowest BCUT2D eigenvalue weighted by Crippen LogP contribution is -2.18. The van der Waals surface area contributed by atoms with Crippen LogP contribution in [-0.4, -0.2) is 6.04 Å². The molecule has 2 aromatic carbocycles. The van der Waals surface area contributed by atoms with Crippen LogP contribution in [0.1, 0.15) is 23.6 Å². The zero-order valence-corrected chi connectivity index (χ0v) is 13.5. The molecule has 2 N–H and O–H groups in total. The second kappa shape index (κ2) is 6.91. The molecule has 2 nitrogen and oxygen atoms in total. The Morgan fingerprint density at radius 1 is 1.20 bits per heavy atom. The monoisotopic (exact) mass is 333 g/mol. The Labute approximate surface area is 129 Å². The van der Waals surface area contributed by atoms with Gasteiger partial charge in [0.25, 0.3) is 0 Å². The average molecular weight is 334 g/mol. The number of ether oxygens (including phenoxy) is 1. The summed E-state index contributed by atoms with van der Waals surface area (Å²) in [5, 5.41) is 0. The van der Waals surface area contributed by atoms with Gasteiger partial charge in [0.2, 0.25) is 0 Å². The molecule has 2 aromatic rings. The van der Waals surface area contributed by atoms with Gasteiger partial charge in [0.05, 0.1) is 0 Å². The van der Waals surface area contributed by atoms with Crippen molar-refractivity contribution in [3.05, 3.63) is 63.6 Å². The van der Waals surface area contributed by atoms with Crippen LogP contribution in [0.5, 0.6) is 5.75 Å². The number of rotatable bonds is 5. The van der Waals surface area contributed by atoms with Gasteiger partial charge in [-0.15, -0.1) is 0 Å². The molecule has 0 aliphatic heterocycles. The Morgan fingerprint density at radius 3 is 2.55 bits per heavy atom. The van der Waals surface area contributed by atoms with Crippen LogP contribution in [-0.2, 0) is 13.0 Å². The third-order valence-electron chi connectivity index (χ3n) is 3.08. The first-order valence-electron chi connectivity index (χ1n) is 6.77. The molecule has 0 aliphatic rings. The lowest BCUT2D eigenvalue weighted by Gasteiger charge is -2.16. The largest absolute Gasteiger partial charge is 0.488 e. The van der Waals surface area contributed by atoms with E-state index in [0.29, 0.717) is 6.61 Å². The summed E-state index contributed by atoms with van der Waals surface area (Å²) < 4.78 is 7.10. The van der Waals surface area contributed by atoms with Crippen LogP contribution < -0.4 is 10.5 Å². The fourth-order valence-electron chi connectivity index (χ4n) is 2.23. The van der Waals surface area contributed by atoms with E-state index in [1.54, 1.807) is 0 Å². The second-order valence-electron chi connectivity index (χ2n) is 5.17. The maximum Gasteiger partial charge on any atom is 0.126 e. The van der Waals surface area contributed by atoms with Crippen molar-refractivity contribution in [2.24, 2.45) is 5.73 Å². The van der Waals surface area contributed by atoms with Gasteiger partial charge in [-0.3, -0.25) is 0 Å². The SMILES string of the molecule is Cc1cc(Br)cc(CC(C)N)c1OCc1ccccc1. The minimum Gasteiger partial charge on any atom is -0.488 e. The molecule has 106 valence electrons. The van der Waals surface area contributed by atoms with Gasteiger partial charge in [0.15, 0.2) is 0 Å². The highest BCUT2D eigenvalue weighted by Crippen LogP contribution is 2.29. The molecule has 3 heteroatoms. The predicted octanol–water partition coefficient (Wildman–Crippen LogP) is 4.23. The highest BCUT2D eigenvalue weighted by atomic mass is 79.9. The fourth-order valence-corrected chi connectivity index (χ4v) is 2.85. The molecule has 2 rings (SSSR count). The Balaban J connectivity index is 2.21. The van der Waals surface area contributed by atoms with Crippen molar-refractivity contribution in [2.45, 2.75) is 32.9 Å². The number of benzene rings is 2. The van der Waals surface area contributed by atoms with E-state index in [2.05, 4.69) is 47.1 Å². The van der Waals surface area contributed by atoms with Gasteiger partial charge in [-0.05, 0) is 49.1 Å². The Kier molecular flexibility index (Phi) is 5.21. The van der Waals surface area contributed by atoms with E-state index >= 15 is 0 Å². The molecule has 20 heavy (non-hydrogen) atoms. The van der Waals surface area contributed by atoms with E-state index in [4.69, 9.17) is 10.5 Å². The molecular formula is C17H20BrNO. The third kappa shape index (κ3) is 4.09. The molecule has 0 radical (unpaired) electrons. The first kappa shape index (κ1) is 15.1. The van der Waals surface area contributed by atoms with E-state index < -0.39 is 0 Å². The molecule has 0 aromatic heterocycles. The summed E-state index contributed by atoms with van der Waals surface area (Å²) in [7, 11) is 0. The van der Waals surface area contributed by atoms with Gasteiger partial charge in [-0.2, -0.15) is 0 Å². The van der Waals surface area contributed by atoms with Crippen LogP contribution in [0.3, 0.4) is 0 Å². The van der Waals surface area contributed by atoms with Crippen molar-refractivity contribution in [3.63, 3.8) is 0 Å². The predicted molar refractivity (Wildman–Crippen MR) is 87.0 cm³/mol. The van der Waals surface area contributed by atoms with E-state index in [1.165, 1.54) is 5.56 Å². The van der Waals surface area contributed by atoms with Crippen molar-refractivity contribution in [2.75, 3.05) is 0 Å². The zero-order chi connectivity index (χ0) is 14.5. The molecule has 0 saturated heterocycles. The summed E-state index contributed by atoms with van der Waals surface area (Å²) in [6.07, 6.45) is 0.810. The minimum absolute atomic E-state index is 0.114. The van der Waals surface area contributed by atoms with Gasteiger partial charge in [0, 0.05) is 10.5 Å². The first-order chi connectivity index (χ1) is 9.56. The number of halogens is 1. The summed E-state index contributed by atoms with van der Waals surface area (Å²) in [4.78, 5) is 0. The first-order valence-corrected chi connectivity index (χ1v) is 7.57. The van der Waals surface area contributed by atoms with Crippen LogP contribution in [0.4, 0.5) is 0 Å². The molecular weight excluding hydrogens is 314 g/mol. The summed E-state index contributed by atoms with van der Waals surface area (Å²) in [6, 6.07) is 14.5. The Bertz CT molecular complexity index is 567. The maximum absolute atomic E-state index is 6.03. The summed E-state index contributed by atoms with van der Waals surface area (Å²) in [5.74, 6) is 0.953. The lowest BCUT2D eigenvalue weighted by molar-refractivity contribution is 0.300. The smallest absolute Gasteiger partial charge is 0.126 e. The van der Waals surface area contributed by atoms with Gasteiger partial charge in [-0.1, -0.05) is 46.3 Å². The second-order valence-corrected chi connectivity index (χ2v) is 6.08. The maximum atomic E-state index is 6.03. The Morgan fingerprint density at radius 2 is 1.90 bits per heavy atom. The highest BCUT2D eigenvalue weighted by Gasteiger charge is 2.11. The van der Waals surface area contributed by atoms with Crippen molar-refractivity contribution in [3.8, 4) is 5.75 Å². The standard InChI is InChI=1S/C17H20BrNO/c1-12-8-16(18)10-15(9-13(2)19)17(12)20-11-14-6-4-3-5-7-14/h3-8,10,13H,9,11,19H2,1-2H3. The number of aryl methyl sites for hydroxylation is 1. The van der Waals surface area contributed by atoms with Gasteiger partial charge >= 0.3 is 0 Å². The summed E-state index contributed by atoms with van der Waals surface area (Å²) >= 11 is 3.54. The zero-order valence-electron chi connectivity index (χ0n) is 11.9. The fraction of sp³-hybridized carbons (Fsp3) is 0.294. The van der Waals surface area contributed by atoms with Crippen molar-refractivity contribution >= 4 is 15.9 Å². The number of nitrogens with two attached hydrogens (primary N) is 1.